The van der Waals surface area contributed by atoms with Crippen LogP contribution >= 0.6 is 0 Å². The molecule has 0 fully saturated rings. The first kappa shape index (κ1) is 12.0. The molecule has 0 amide bonds. The Morgan fingerprint density at radius 3 is 2.67 bits per heavy atom. The number of nitrogens with two attached hydrogens (primary N) is 1. The molecule has 3 N–H and O–H groups in total. The first-order valence-electron chi connectivity index (χ1n) is 5.24. The van der Waals surface area contributed by atoms with Crippen LogP contribution in [0.5, 0.6) is 0 Å². The number of aryl methyl sites for hydroxylation is 2. The van der Waals surface area contributed by atoms with Gasteiger partial charge in [-0.1, -0.05) is 0 Å². The second-order valence-corrected chi connectivity index (χ2v) is 3.52. The minimum Gasteiger partial charge on any atom is -0.395 e. The molecule has 5 heteroatoms. The van der Waals surface area contributed by atoms with Gasteiger partial charge in [-0.2, -0.15) is 5.10 Å². The molecular weight excluding hydrogens is 192 g/mol. The van der Waals surface area contributed by atoms with Crippen molar-refractivity contribution in [2.75, 3.05) is 24.6 Å². The Kier molecular flexibility index (Phi) is 4.11. The fourth-order valence-electron chi connectivity index (χ4n) is 1.86. The van der Waals surface area contributed by atoms with Crippen LogP contribution in [0.2, 0.25) is 0 Å². The summed E-state index contributed by atoms with van der Waals surface area (Å²) in [6.45, 7) is 6.09. The van der Waals surface area contributed by atoms with Crippen LogP contribution < -0.4 is 10.6 Å². The molecule has 1 aromatic rings. The van der Waals surface area contributed by atoms with Gasteiger partial charge in [0, 0.05) is 32.2 Å². The van der Waals surface area contributed by atoms with Gasteiger partial charge >= 0.3 is 0 Å². The predicted molar refractivity (Wildman–Crippen MR) is 60.8 cm³/mol. The van der Waals surface area contributed by atoms with Gasteiger partial charge in [-0.25, -0.2) is 0 Å². The van der Waals surface area contributed by atoms with Gasteiger partial charge in [0.15, 0.2) is 0 Å². The highest BCUT2D eigenvalue weighted by molar-refractivity contribution is 5.50. The lowest BCUT2D eigenvalue weighted by Gasteiger charge is -2.23. The standard InChI is InChI=1S/C10H20N4O/c1-4-14(5-6-15)10-9(7-11)8(2)12-13(10)3/h15H,4-7,11H2,1-3H3. The van der Waals surface area contributed by atoms with E-state index in [2.05, 4.69) is 16.9 Å². The molecule has 1 rings (SSSR count). The van der Waals surface area contributed by atoms with Crippen molar-refractivity contribution in [2.24, 2.45) is 12.8 Å². The fourth-order valence-corrected chi connectivity index (χ4v) is 1.86. The van der Waals surface area contributed by atoms with Crippen molar-refractivity contribution in [3.05, 3.63) is 11.3 Å². The molecule has 0 spiro atoms. The highest BCUT2D eigenvalue weighted by Gasteiger charge is 2.16. The van der Waals surface area contributed by atoms with Crippen molar-refractivity contribution in [1.82, 2.24) is 9.78 Å². The van der Waals surface area contributed by atoms with Crippen molar-refractivity contribution in [3.8, 4) is 0 Å². The zero-order chi connectivity index (χ0) is 11.4. The van der Waals surface area contributed by atoms with E-state index in [0.717, 1.165) is 23.6 Å². The van der Waals surface area contributed by atoms with E-state index >= 15 is 0 Å². The highest BCUT2D eigenvalue weighted by Crippen LogP contribution is 2.22. The number of aliphatic hydroxyl groups is 1. The maximum Gasteiger partial charge on any atom is 0.131 e. The molecule has 0 aliphatic carbocycles. The van der Waals surface area contributed by atoms with Gasteiger partial charge in [0.1, 0.15) is 5.82 Å². The summed E-state index contributed by atoms with van der Waals surface area (Å²) in [6.07, 6.45) is 0. The smallest absolute Gasteiger partial charge is 0.131 e. The third-order valence-electron chi connectivity index (χ3n) is 2.57. The Labute approximate surface area is 90.5 Å². The van der Waals surface area contributed by atoms with Gasteiger partial charge in [-0.3, -0.25) is 4.68 Å². The SMILES string of the molecule is CCN(CCO)c1c(CN)c(C)nn1C. The quantitative estimate of drug-likeness (QED) is 0.721. The Balaban J connectivity index is 3.09. The Morgan fingerprint density at radius 1 is 1.53 bits per heavy atom. The second-order valence-electron chi connectivity index (χ2n) is 3.52. The van der Waals surface area contributed by atoms with Crippen LogP contribution in [0.1, 0.15) is 18.2 Å². The van der Waals surface area contributed by atoms with Crippen molar-refractivity contribution in [3.63, 3.8) is 0 Å². The zero-order valence-corrected chi connectivity index (χ0v) is 9.69. The monoisotopic (exact) mass is 212 g/mol. The number of aromatic nitrogens is 2. The third-order valence-corrected chi connectivity index (χ3v) is 2.57. The van der Waals surface area contributed by atoms with Crippen molar-refractivity contribution in [1.29, 1.82) is 0 Å². The molecule has 0 unspecified atom stereocenters. The van der Waals surface area contributed by atoms with Crippen LogP contribution in [-0.2, 0) is 13.6 Å². The van der Waals surface area contributed by atoms with Crippen LogP contribution in [0.3, 0.4) is 0 Å². The minimum absolute atomic E-state index is 0.141. The number of nitrogens with zero attached hydrogens (tertiary/aromatic N) is 3. The molecule has 0 saturated carbocycles. The lowest BCUT2D eigenvalue weighted by Crippen LogP contribution is -2.29. The van der Waals surface area contributed by atoms with Gasteiger partial charge in [-0.05, 0) is 13.8 Å². The topological polar surface area (TPSA) is 67.3 Å². The summed E-state index contributed by atoms with van der Waals surface area (Å²) in [5.74, 6) is 1.02. The van der Waals surface area contributed by atoms with E-state index in [1.807, 2.05) is 18.7 Å². The molecule has 0 bridgehead atoms. The molecule has 0 aliphatic rings. The summed E-state index contributed by atoms with van der Waals surface area (Å²) in [7, 11) is 1.90. The molecule has 0 radical (unpaired) electrons. The average Bonchev–Trinajstić information content (AvgIpc) is 2.49. The van der Waals surface area contributed by atoms with Crippen LogP contribution in [0.25, 0.3) is 0 Å². The van der Waals surface area contributed by atoms with E-state index in [1.165, 1.54) is 0 Å². The number of hydrogen-bond acceptors (Lipinski definition) is 4. The summed E-state index contributed by atoms with van der Waals surface area (Å²) < 4.78 is 1.83. The number of aliphatic hydroxyl groups excluding tert-OH is 1. The van der Waals surface area contributed by atoms with Crippen molar-refractivity contribution in [2.45, 2.75) is 20.4 Å². The Hall–Kier alpha value is -1.07. The molecule has 0 atom stereocenters. The first-order chi connectivity index (χ1) is 7.15. The summed E-state index contributed by atoms with van der Waals surface area (Å²) in [5, 5.41) is 13.3. The maximum absolute atomic E-state index is 8.99. The molecule has 15 heavy (non-hydrogen) atoms. The van der Waals surface area contributed by atoms with Crippen LogP contribution in [0.4, 0.5) is 5.82 Å². The third kappa shape index (κ3) is 2.30. The van der Waals surface area contributed by atoms with Gasteiger partial charge in [-0.15, -0.1) is 0 Å². The van der Waals surface area contributed by atoms with E-state index < -0.39 is 0 Å². The molecule has 0 aliphatic heterocycles. The van der Waals surface area contributed by atoms with Gasteiger partial charge in [0.05, 0.1) is 12.3 Å². The lowest BCUT2D eigenvalue weighted by molar-refractivity contribution is 0.301. The second kappa shape index (κ2) is 5.14. The summed E-state index contributed by atoms with van der Waals surface area (Å²) >= 11 is 0. The average molecular weight is 212 g/mol. The van der Waals surface area contributed by atoms with Crippen LogP contribution in [0.15, 0.2) is 0 Å². The highest BCUT2D eigenvalue weighted by atomic mass is 16.3. The number of anilines is 1. The predicted octanol–water partition coefficient (Wildman–Crippen LogP) is 0.00582. The molecule has 1 aromatic heterocycles. The summed E-state index contributed by atoms with van der Waals surface area (Å²) in [6, 6.07) is 0. The first-order valence-corrected chi connectivity index (χ1v) is 5.24. The lowest BCUT2D eigenvalue weighted by atomic mass is 10.2. The van der Waals surface area contributed by atoms with E-state index in [0.29, 0.717) is 13.1 Å². The molecule has 5 nitrogen and oxygen atoms in total. The number of rotatable bonds is 5. The summed E-state index contributed by atoms with van der Waals surface area (Å²) in [5.41, 5.74) is 7.74. The number of hydrogen-bond donors (Lipinski definition) is 2. The summed E-state index contributed by atoms with van der Waals surface area (Å²) in [4.78, 5) is 2.09. The van der Waals surface area contributed by atoms with Crippen molar-refractivity contribution < 1.29 is 5.11 Å². The van der Waals surface area contributed by atoms with Crippen molar-refractivity contribution >= 4 is 5.82 Å². The molecule has 0 saturated heterocycles. The van der Waals surface area contributed by atoms with E-state index in [9.17, 15) is 0 Å². The van der Waals surface area contributed by atoms with E-state index in [-0.39, 0.29) is 6.61 Å². The molecular formula is C10H20N4O. The van der Waals surface area contributed by atoms with E-state index in [4.69, 9.17) is 10.8 Å². The van der Waals surface area contributed by atoms with Crippen LogP contribution in [-0.4, -0.2) is 34.6 Å². The zero-order valence-electron chi connectivity index (χ0n) is 9.69. The normalized spacial score (nSPS) is 10.7. The maximum atomic E-state index is 8.99. The van der Waals surface area contributed by atoms with Gasteiger partial charge in [0.25, 0.3) is 0 Å². The molecule has 0 aromatic carbocycles. The Morgan fingerprint density at radius 2 is 2.20 bits per heavy atom. The number of likely N-dealkylation sites (N-methyl/N-ethyl adjacent to an activating group) is 1. The van der Waals surface area contributed by atoms with Crippen LogP contribution in [0, 0.1) is 6.92 Å². The largest absolute Gasteiger partial charge is 0.395 e. The molecule has 86 valence electrons. The fraction of sp³-hybridized carbons (Fsp3) is 0.700. The van der Waals surface area contributed by atoms with Gasteiger partial charge in [0.2, 0.25) is 0 Å². The molecule has 1 heterocycles. The van der Waals surface area contributed by atoms with Gasteiger partial charge < -0.3 is 15.7 Å². The minimum atomic E-state index is 0.141. The van der Waals surface area contributed by atoms with E-state index in [1.54, 1.807) is 0 Å². The Bertz CT molecular complexity index is 321.